The standard InChI is InChI=1S/C26H28N2O4S/c1-19-11-14-24(33(30,31)28-23-12-13-23)15-25(19)26(29)27-16-21-9-5-6-10-22(21)18-32-17-20-7-3-2-4-8-20/h2-11,14-15,23,28H,12-13,16-18H2,1H3,(H,27,29). The number of amides is 1. The molecule has 4 rings (SSSR count). The molecule has 7 heteroatoms. The summed E-state index contributed by atoms with van der Waals surface area (Å²) in [5.41, 5.74) is 4.12. The highest BCUT2D eigenvalue weighted by molar-refractivity contribution is 7.89. The first kappa shape index (κ1) is 23.2. The molecule has 0 spiro atoms. The van der Waals surface area contributed by atoms with Crippen LogP contribution in [0, 0.1) is 6.92 Å². The van der Waals surface area contributed by atoms with E-state index >= 15 is 0 Å². The van der Waals surface area contributed by atoms with E-state index in [1.165, 1.54) is 12.1 Å². The lowest BCUT2D eigenvalue weighted by atomic mass is 10.1. The van der Waals surface area contributed by atoms with Crippen LogP contribution in [-0.2, 0) is 34.5 Å². The topological polar surface area (TPSA) is 84.5 Å². The Labute approximate surface area is 195 Å². The fraction of sp³-hybridized carbons (Fsp3) is 0.269. The van der Waals surface area contributed by atoms with Gasteiger partial charge in [-0.1, -0.05) is 60.7 Å². The van der Waals surface area contributed by atoms with Crippen LogP contribution < -0.4 is 10.0 Å². The highest BCUT2D eigenvalue weighted by Crippen LogP contribution is 2.23. The molecular weight excluding hydrogens is 436 g/mol. The normalized spacial score (nSPS) is 13.6. The van der Waals surface area contributed by atoms with Gasteiger partial charge in [0.15, 0.2) is 0 Å². The maximum atomic E-state index is 12.9. The zero-order valence-electron chi connectivity index (χ0n) is 18.6. The smallest absolute Gasteiger partial charge is 0.251 e. The Hall–Kier alpha value is -3.00. The number of benzene rings is 3. The second-order valence-electron chi connectivity index (χ2n) is 8.30. The molecular formula is C26H28N2O4S. The van der Waals surface area contributed by atoms with Gasteiger partial charge < -0.3 is 10.1 Å². The average Bonchev–Trinajstić information content (AvgIpc) is 3.62. The van der Waals surface area contributed by atoms with Gasteiger partial charge in [0.05, 0.1) is 18.1 Å². The number of ether oxygens (including phenoxy) is 1. The van der Waals surface area contributed by atoms with Crippen LogP contribution in [0.25, 0.3) is 0 Å². The van der Waals surface area contributed by atoms with Gasteiger partial charge >= 0.3 is 0 Å². The van der Waals surface area contributed by atoms with Crippen LogP contribution in [0.15, 0.2) is 77.7 Å². The summed E-state index contributed by atoms with van der Waals surface area (Å²) in [4.78, 5) is 13.0. The fourth-order valence-electron chi connectivity index (χ4n) is 3.50. The number of carbonyl (C=O) groups is 1. The molecule has 0 unspecified atom stereocenters. The van der Waals surface area contributed by atoms with E-state index in [9.17, 15) is 13.2 Å². The quantitative estimate of drug-likeness (QED) is 0.474. The van der Waals surface area contributed by atoms with Crippen molar-refractivity contribution >= 4 is 15.9 Å². The van der Waals surface area contributed by atoms with Crippen molar-refractivity contribution in [2.45, 2.75) is 50.5 Å². The highest BCUT2D eigenvalue weighted by atomic mass is 32.2. The van der Waals surface area contributed by atoms with Crippen LogP contribution in [-0.4, -0.2) is 20.4 Å². The summed E-state index contributed by atoms with van der Waals surface area (Å²) in [5, 5.41) is 2.93. The van der Waals surface area contributed by atoms with Crippen molar-refractivity contribution in [2.24, 2.45) is 0 Å². The maximum Gasteiger partial charge on any atom is 0.251 e. The SMILES string of the molecule is Cc1ccc(S(=O)(=O)NC2CC2)cc1C(=O)NCc1ccccc1COCc1ccccc1. The van der Waals surface area contributed by atoms with E-state index < -0.39 is 10.0 Å². The lowest BCUT2D eigenvalue weighted by Gasteiger charge is -2.13. The molecule has 0 aromatic heterocycles. The Balaban J connectivity index is 1.40. The van der Waals surface area contributed by atoms with Crippen molar-refractivity contribution < 1.29 is 17.9 Å². The van der Waals surface area contributed by atoms with Gasteiger partial charge in [-0.25, -0.2) is 13.1 Å². The van der Waals surface area contributed by atoms with Gasteiger partial charge in [-0.05, 0) is 54.2 Å². The molecule has 0 aliphatic heterocycles. The average molecular weight is 465 g/mol. The minimum Gasteiger partial charge on any atom is -0.372 e. The Morgan fingerprint density at radius 1 is 0.939 bits per heavy atom. The molecule has 1 amide bonds. The number of carbonyl (C=O) groups excluding carboxylic acids is 1. The van der Waals surface area contributed by atoms with Crippen LogP contribution in [0.5, 0.6) is 0 Å². The summed E-state index contributed by atoms with van der Waals surface area (Å²) in [5.74, 6) is -0.309. The summed E-state index contributed by atoms with van der Waals surface area (Å²) in [6.07, 6.45) is 1.71. The number of aryl methyl sites for hydroxylation is 1. The first-order chi connectivity index (χ1) is 15.9. The third-order valence-corrected chi connectivity index (χ3v) is 7.11. The van der Waals surface area contributed by atoms with Crippen molar-refractivity contribution in [2.75, 3.05) is 0 Å². The lowest BCUT2D eigenvalue weighted by molar-refractivity contribution is 0.0947. The zero-order chi connectivity index (χ0) is 23.3. The maximum absolute atomic E-state index is 12.9. The molecule has 1 saturated carbocycles. The summed E-state index contributed by atoms with van der Waals surface area (Å²) in [6, 6.07) is 22.4. The van der Waals surface area contributed by atoms with E-state index in [2.05, 4.69) is 10.0 Å². The van der Waals surface area contributed by atoms with Crippen molar-refractivity contribution in [3.63, 3.8) is 0 Å². The van der Waals surface area contributed by atoms with E-state index in [1.54, 1.807) is 13.0 Å². The third kappa shape index (κ3) is 6.28. The second-order valence-corrected chi connectivity index (χ2v) is 10.0. The second kappa shape index (κ2) is 10.3. The molecule has 0 atom stereocenters. The van der Waals surface area contributed by atoms with Crippen molar-refractivity contribution in [1.29, 1.82) is 0 Å². The summed E-state index contributed by atoms with van der Waals surface area (Å²) >= 11 is 0. The van der Waals surface area contributed by atoms with Crippen LogP contribution in [0.3, 0.4) is 0 Å². The number of nitrogens with one attached hydrogen (secondary N) is 2. The number of sulfonamides is 1. The van der Waals surface area contributed by atoms with Crippen molar-refractivity contribution in [1.82, 2.24) is 10.0 Å². The Kier molecular flexibility index (Phi) is 7.23. The fourth-order valence-corrected chi connectivity index (χ4v) is 4.83. The molecule has 172 valence electrons. The van der Waals surface area contributed by atoms with Crippen LogP contribution in [0.2, 0.25) is 0 Å². The molecule has 33 heavy (non-hydrogen) atoms. The third-order valence-electron chi connectivity index (χ3n) is 5.59. The van der Waals surface area contributed by atoms with Gasteiger partial charge in [0.1, 0.15) is 0 Å². The van der Waals surface area contributed by atoms with E-state index in [0.717, 1.165) is 35.1 Å². The van der Waals surface area contributed by atoms with Crippen molar-refractivity contribution in [3.05, 3.63) is 101 Å². The van der Waals surface area contributed by atoms with E-state index in [0.29, 0.717) is 25.3 Å². The number of hydrogen-bond acceptors (Lipinski definition) is 4. The van der Waals surface area contributed by atoms with Gasteiger partial charge in [-0.15, -0.1) is 0 Å². The molecule has 2 N–H and O–H groups in total. The molecule has 1 fully saturated rings. The number of hydrogen-bond donors (Lipinski definition) is 2. The van der Waals surface area contributed by atoms with Crippen molar-refractivity contribution in [3.8, 4) is 0 Å². The minimum absolute atomic E-state index is 0.00851. The van der Waals surface area contributed by atoms with E-state index in [4.69, 9.17) is 4.74 Å². The Bertz CT molecular complexity index is 1220. The first-order valence-electron chi connectivity index (χ1n) is 11.0. The number of rotatable bonds is 10. The summed E-state index contributed by atoms with van der Waals surface area (Å²) in [6.45, 7) is 3.06. The molecule has 3 aromatic carbocycles. The summed E-state index contributed by atoms with van der Waals surface area (Å²) in [7, 11) is -3.62. The predicted octanol–water partition coefficient (Wildman–Crippen LogP) is 4.08. The van der Waals surface area contributed by atoms with Crippen LogP contribution in [0.4, 0.5) is 0 Å². The van der Waals surface area contributed by atoms with Gasteiger partial charge in [-0.2, -0.15) is 0 Å². The summed E-state index contributed by atoms with van der Waals surface area (Å²) < 4.78 is 33.6. The molecule has 1 aliphatic rings. The van der Waals surface area contributed by atoms with E-state index in [1.807, 2.05) is 54.6 Å². The molecule has 0 radical (unpaired) electrons. The van der Waals surface area contributed by atoms with Crippen LogP contribution in [0.1, 0.15) is 45.5 Å². The monoisotopic (exact) mass is 464 g/mol. The van der Waals surface area contributed by atoms with Gasteiger partial charge in [0, 0.05) is 18.2 Å². The molecule has 3 aromatic rings. The zero-order valence-corrected chi connectivity index (χ0v) is 19.4. The molecule has 0 heterocycles. The largest absolute Gasteiger partial charge is 0.372 e. The van der Waals surface area contributed by atoms with Gasteiger partial charge in [-0.3, -0.25) is 4.79 Å². The Morgan fingerprint density at radius 2 is 1.64 bits per heavy atom. The predicted molar refractivity (Wildman–Crippen MR) is 127 cm³/mol. The first-order valence-corrected chi connectivity index (χ1v) is 12.5. The van der Waals surface area contributed by atoms with Crippen LogP contribution >= 0.6 is 0 Å². The van der Waals surface area contributed by atoms with E-state index in [-0.39, 0.29) is 16.8 Å². The Morgan fingerprint density at radius 3 is 2.36 bits per heavy atom. The highest BCUT2D eigenvalue weighted by Gasteiger charge is 2.28. The molecule has 6 nitrogen and oxygen atoms in total. The molecule has 1 aliphatic carbocycles. The minimum atomic E-state index is -3.62. The molecule has 0 bridgehead atoms. The van der Waals surface area contributed by atoms with Gasteiger partial charge in [0.2, 0.25) is 10.0 Å². The van der Waals surface area contributed by atoms with Gasteiger partial charge in [0.25, 0.3) is 5.91 Å². The lowest BCUT2D eigenvalue weighted by Crippen LogP contribution is -2.27. The molecule has 0 saturated heterocycles.